The second-order valence-corrected chi connectivity index (χ2v) is 7.81. The summed E-state index contributed by atoms with van der Waals surface area (Å²) in [5.41, 5.74) is 0.930. The number of nitrogens with zero attached hydrogens (tertiary/aromatic N) is 1. The van der Waals surface area contributed by atoms with Gasteiger partial charge in [0.25, 0.3) is 5.82 Å². The molecule has 2 heterocycles. The van der Waals surface area contributed by atoms with Crippen LogP contribution in [0.1, 0.15) is 18.5 Å². The summed E-state index contributed by atoms with van der Waals surface area (Å²) < 4.78 is 44.7. The Labute approximate surface area is 146 Å². The van der Waals surface area contributed by atoms with Crippen molar-refractivity contribution in [2.24, 2.45) is 0 Å². The summed E-state index contributed by atoms with van der Waals surface area (Å²) in [7, 11) is -3.51. The van der Waals surface area contributed by atoms with Crippen LogP contribution < -0.4 is 10.3 Å². The molecule has 8 heteroatoms. The fraction of sp³-hybridized carbons (Fsp3) is 0.353. The van der Waals surface area contributed by atoms with Crippen LogP contribution in [-0.4, -0.2) is 39.0 Å². The third kappa shape index (κ3) is 4.15. The van der Waals surface area contributed by atoms with Crippen molar-refractivity contribution < 1.29 is 22.5 Å². The topological polar surface area (TPSA) is 72.8 Å². The number of aromatic nitrogens is 1. The standard InChI is InChI=1S/C17H20FN3O3S/c1-13(14-2-4-15(18)5-3-14)20-17-7-6-16(12-19-17)25(22,23)21-8-10-24-11-9-21/h2-7,12-13H,8-11H2,1H3,(H,19,20)/p+1/t13-/m1/s1. The van der Waals surface area contributed by atoms with Gasteiger partial charge in [-0.05, 0) is 30.7 Å². The Bertz CT molecular complexity index is 804. The molecule has 0 unspecified atom stereocenters. The number of benzene rings is 1. The predicted octanol–water partition coefficient (Wildman–Crippen LogP) is 1.83. The Morgan fingerprint density at radius 1 is 1.16 bits per heavy atom. The van der Waals surface area contributed by atoms with E-state index in [0.717, 1.165) is 5.56 Å². The number of H-pyrrole nitrogens is 1. The van der Waals surface area contributed by atoms with Crippen molar-refractivity contribution in [3.8, 4) is 0 Å². The lowest BCUT2D eigenvalue weighted by atomic mass is 10.1. The van der Waals surface area contributed by atoms with Crippen LogP contribution in [0, 0.1) is 5.82 Å². The molecule has 1 aromatic heterocycles. The fourth-order valence-corrected chi connectivity index (χ4v) is 4.04. The van der Waals surface area contributed by atoms with Crippen molar-refractivity contribution in [1.82, 2.24) is 4.31 Å². The summed E-state index contributed by atoms with van der Waals surface area (Å²) in [6, 6.07) is 9.45. The monoisotopic (exact) mass is 366 g/mol. The number of rotatable bonds is 5. The molecule has 6 nitrogen and oxygen atoms in total. The first-order valence-electron chi connectivity index (χ1n) is 8.08. The van der Waals surface area contributed by atoms with Gasteiger partial charge in [-0.3, -0.25) is 5.32 Å². The van der Waals surface area contributed by atoms with Crippen LogP contribution in [0.4, 0.5) is 10.2 Å². The van der Waals surface area contributed by atoms with Crippen molar-refractivity contribution in [2.45, 2.75) is 17.9 Å². The maximum Gasteiger partial charge on any atom is 0.272 e. The summed E-state index contributed by atoms with van der Waals surface area (Å²) >= 11 is 0. The molecule has 0 bridgehead atoms. The number of aromatic amines is 1. The maximum atomic E-state index is 13.0. The van der Waals surface area contributed by atoms with Gasteiger partial charge in [-0.25, -0.2) is 17.8 Å². The largest absolute Gasteiger partial charge is 0.379 e. The van der Waals surface area contributed by atoms with E-state index in [1.807, 2.05) is 6.92 Å². The first kappa shape index (κ1) is 17.8. The van der Waals surface area contributed by atoms with Gasteiger partial charge in [-0.2, -0.15) is 4.31 Å². The lowest BCUT2D eigenvalue weighted by molar-refractivity contribution is -0.364. The molecular weight excluding hydrogens is 345 g/mol. The van der Waals surface area contributed by atoms with Gasteiger partial charge in [-0.1, -0.05) is 12.1 Å². The summed E-state index contributed by atoms with van der Waals surface area (Å²) in [6.07, 6.45) is 1.48. The second-order valence-electron chi connectivity index (χ2n) is 5.87. The van der Waals surface area contributed by atoms with Crippen molar-refractivity contribution in [1.29, 1.82) is 0 Å². The number of ether oxygens (including phenoxy) is 1. The summed E-state index contributed by atoms with van der Waals surface area (Å²) in [6.45, 7) is 3.50. The van der Waals surface area contributed by atoms with E-state index in [4.69, 9.17) is 4.74 Å². The number of nitrogens with one attached hydrogen (secondary N) is 2. The summed E-state index contributed by atoms with van der Waals surface area (Å²) in [5, 5.41) is 3.23. The average Bonchev–Trinajstić information content (AvgIpc) is 2.63. The van der Waals surface area contributed by atoms with Crippen molar-refractivity contribution in [3.63, 3.8) is 0 Å². The minimum Gasteiger partial charge on any atom is -0.379 e. The molecule has 1 saturated heterocycles. The Balaban J connectivity index is 1.70. The Hall–Kier alpha value is -2.03. The van der Waals surface area contributed by atoms with E-state index in [2.05, 4.69) is 10.3 Å². The predicted molar refractivity (Wildman–Crippen MR) is 91.0 cm³/mol. The summed E-state index contributed by atoms with van der Waals surface area (Å²) in [5.74, 6) is 0.401. The lowest BCUT2D eigenvalue weighted by Crippen LogP contribution is -2.40. The highest BCUT2D eigenvalue weighted by atomic mass is 32.2. The van der Waals surface area contributed by atoms with Gasteiger partial charge in [0, 0.05) is 19.2 Å². The molecule has 3 rings (SSSR count). The Morgan fingerprint density at radius 3 is 2.44 bits per heavy atom. The van der Waals surface area contributed by atoms with Crippen LogP contribution >= 0.6 is 0 Å². The average molecular weight is 366 g/mol. The van der Waals surface area contributed by atoms with Crippen LogP contribution in [0.3, 0.4) is 0 Å². The minimum atomic E-state index is -3.51. The van der Waals surface area contributed by atoms with Crippen LogP contribution in [0.15, 0.2) is 47.5 Å². The minimum absolute atomic E-state index is 0.0569. The van der Waals surface area contributed by atoms with Gasteiger partial charge in [-0.15, -0.1) is 0 Å². The zero-order valence-corrected chi connectivity index (χ0v) is 14.7. The lowest BCUT2D eigenvalue weighted by Gasteiger charge is -2.25. The van der Waals surface area contributed by atoms with Crippen LogP contribution in [0.2, 0.25) is 0 Å². The van der Waals surface area contributed by atoms with Gasteiger partial charge in [0.1, 0.15) is 23.0 Å². The molecule has 134 valence electrons. The Kier molecular flexibility index (Phi) is 5.31. The third-order valence-corrected chi connectivity index (χ3v) is 6.03. The Morgan fingerprint density at radius 2 is 1.84 bits per heavy atom. The zero-order chi connectivity index (χ0) is 17.9. The zero-order valence-electron chi connectivity index (χ0n) is 13.9. The third-order valence-electron chi connectivity index (χ3n) is 4.13. The van der Waals surface area contributed by atoms with Crippen molar-refractivity contribution in [2.75, 3.05) is 31.6 Å². The normalized spacial score (nSPS) is 17.2. The molecule has 2 N–H and O–H groups in total. The highest BCUT2D eigenvalue weighted by Crippen LogP contribution is 2.19. The van der Waals surface area contributed by atoms with Crippen LogP contribution in [-0.2, 0) is 14.8 Å². The smallest absolute Gasteiger partial charge is 0.272 e. The van der Waals surface area contributed by atoms with Gasteiger partial charge in [0.15, 0.2) is 0 Å². The first-order chi connectivity index (χ1) is 12.0. The fourth-order valence-electron chi connectivity index (χ4n) is 2.66. The van der Waals surface area contributed by atoms with E-state index in [-0.39, 0.29) is 16.8 Å². The van der Waals surface area contributed by atoms with E-state index < -0.39 is 10.0 Å². The van der Waals surface area contributed by atoms with Crippen molar-refractivity contribution >= 4 is 15.8 Å². The molecule has 0 saturated carbocycles. The van der Waals surface area contributed by atoms with Gasteiger partial charge < -0.3 is 4.74 Å². The molecule has 1 aliphatic heterocycles. The molecule has 0 aliphatic carbocycles. The molecule has 25 heavy (non-hydrogen) atoms. The van der Waals surface area contributed by atoms with E-state index in [0.29, 0.717) is 32.1 Å². The van der Waals surface area contributed by atoms with Crippen LogP contribution in [0.25, 0.3) is 0 Å². The molecule has 0 spiro atoms. The highest BCUT2D eigenvalue weighted by molar-refractivity contribution is 7.89. The number of morpholine rings is 1. The highest BCUT2D eigenvalue weighted by Gasteiger charge is 2.27. The molecule has 0 amide bonds. The second kappa shape index (κ2) is 7.47. The van der Waals surface area contributed by atoms with Crippen molar-refractivity contribution in [3.05, 3.63) is 54.0 Å². The quantitative estimate of drug-likeness (QED) is 0.876. The van der Waals surface area contributed by atoms with E-state index in [1.54, 1.807) is 24.3 Å². The SMILES string of the molecule is C[C@@H](Nc1ccc(S(=O)(=O)N2CCOCC2)c[nH+]1)c1ccc(F)cc1. The summed E-state index contributed by atoms with van der Waals surface area (Å²) in [4.78, 5) is 3.19. The first-order valence-corrected chi connectivity index (χ1v) is 9.52. The molecule has 1 aliphatic rings. The molecule has 1 fully saturated rings. The number of anilines is 1. The number of sulfonamides is 1. The maximum absolute atomic E-state index is 13.0. The number of hydrogen-bond acceptors (Lipinski definition) is 4. The number of halogens is 1. The molecular formula is C17H21FN3O3S+. The molecule has 1 atom stereocenters. The number of hydrogen-bond donors (Lipinski definition) is 1. The molecule has 2 aromatic rings. The van der Waals surface area contributed by atoms with Gasteiger partial charge in [0.2, 0.25) is 10.0 Å². The van der Waals surface area contributed by atoms with E-state index in [9.17, 15) is 12.8 Å². The molecule has 1 aromatic carbocycles. The van der Waals surface area contributed by atoms with Gasteiger partial charge >= 0.3 is 0 Å². The van der Waals surface area contributed by atoms with Crippen LogP contribution in [0.5, 0.6) is 0 Å². The van der Waals surface area contributed by atoms with E-state index in [1.165, 1.54) is 22.6 Å². The molecule has 0 radical (unpaired) electrons. The van der Waals surface area contributed by atoms with Gasteiger partial charge in [0.05, 0.1) is 13.2 Å². The van der Waals surface area contributed by atoms with E-state index >= 15 is 0 Å². The number of pyridine rings is 1.